The molecule has 2 saturated heterocycles. The highest BCUT2D eigenvalue weighted by Gasteiger charge is 2.42. The van der Waals surface area contributed by atoms with E-state index >= 15 is 0 Å². The van der Waals surface area contributed by atoms with Gasteiger partial charge < -0.3 is 19.9 Å². The van der Waals surface area contributed by atoms with E-state index in [1.54, 1.807) is 0 Å². The molecule has 3 rings (SSSR count). The number of rotatable bonds is 4. The molecular formula is C19H29FN4O. The molecule has 2 atom stereocenters. The molecule has 1 aromatic rings. The number of guanidine groups is 1. The van der Waals surface area contributed by atoms with Crippen molar-refractivity contribution in [2.75, 3.05) is 54.0 Å². The lowest BCUT2D eigenvalue weighted by molar-refractivity contribution is 0.156. The maximum Gasteiger partial charge on any atom is 0.193 e. The predicted octanol–water partition coefficient (Wildman–Crippen LogP) is 2.12. The molecule has 2 aliphatic heterocycles. The number of hydrogen-bond acceptors (Lipinski definition) is 3. The van der Waals surface area contributed by atoms with Gasteiger partial charge in [0.25, 0.3) is 0 Å². The van der Waals surface area contributed by atoms with Gasteiger partial charge in [-0.15, -0.1) is 0 Å². The van der Waals surface area contributed by atoms with Crippen LogP contribution in [0.25, 0.3) is 0 Å². The summed E-state index contributed by atoms with van der Waals surface area (Å²) in [6, 6.07) is 6.90. The summed E-state index contributed by atoms with van der Waals surface area (Å²) in [5, 5.41) is 3.51. The summed E-state index contributed by atoms with van der Waals surface area (Å²) in [6.45, 7) is 4.51. The quantitative estimate of drug-likeness (QED) is 0.668. The van der Waals surface area contributed by atoms with Crippen LogP contribution < -0.4 is 5.32 Å². The molecule has 138 valence electrons. The molecule has 0 saturated carbocycles. The van der Waals surface area contributed by atoms with Gasteiger partial charge in [0.1, 0.15) is 5.82 Å². The molecule has 1 N–H and O–H groups in total. The minimum Gasteiger partial charge on any atom is -0.381 e. The highest BCUT2D eigenvalue weighted by molar-refractivity contribution is 5.80. The van der Waals surface area contributed by atoms with E-state index < -0.39 is 0 Å². The van der Waals surface area contributed by atoms with E-state index in [2.05, 4.69) is 20.1 Å². The first-order valence-electron chi connectivity index (χ1n) is 8.98. The largest absolute Gasteiger partial charge is 0.381 e. The van der Waals surface area contributed by atoms with Crippen molar-refractivity contribution in [3.8, 4) is 0 Å². The van der Waals surface area contributed by atoms with Crippen LogP contribution in [-0.2, 0) is 4.74 Å². The average molecular weight is 348 g/mol. The second-order valence-corrected chi connectivity index (χ2v) is 7.43. The third-order valence-corrected chi connectivity index (χ3v) is 5.47. The molecule has 2 fully saturated rings. The standard InChI is InChI=1S/C19H29FN4O/c1-21-18(24-10-8-19(13-24)9-11-25-14-19)22-12-17(23(2)3)15-4-6-16(20)7-5-15/h4-7,17H,8-14H2,1-3H3,(H,21,22). The van der Waals surface area contributed by atoms with Gasteiger partial charge in [-0.05, 0) is 44.6 Å². The zero-order chi connectivity index (χ0) is 17.9. The number of likely N-dealkylation sites (N-methyl/N-ethyl adjacent to an activating group) is 1. The van der Waals surface area contributed by atoms with Gasteiger partial charge in [-0.2, -0.15) is 0 Å². The molecule has 25 heavy (non-hydrogen) atoms. The summed E-state index contributed by atoms with van der Waals surface area (Å²) in [6.07, 6.45) is 2.32. The van der Waals surface area contributed by atoms with E-state index in [4.69, 9.17) is 4.74 Å². The maximum atomic E-state index is 13.2. The Balaban J connectivity index is 1.62. The van der Waals surface area contributed by atoms with Crippen LogP contribution in [0.3, 0.4) is 0 Å². The molecule has 0 bridgehead atoms. The van der Waals surface area contributed by atoms with Crippen molar-refractivity contribution in [3.63, 3.8) is 0 Å². The Morgan fingerprint density at radius 2 is 2.12 bits per heavy atom. The van der Waals surface area contributed by atoms with E-state index in [1.165, 1.54) is 18.6 Å². The third kappa shape index (κ3) is 4.12. The van der Waals surface area contributed by atoms with Crippen molar-refractivity contribution in [3.05, 3.63) is 35.6 Å². The number of ether oxygens (including phenoxy) is 1. The number of nitrogens with zero attached hydrogens (tertiary/aromatic N) is 3. The van der Waals surface area contributed by atoms with E-state index in [0.717, 1.165) is 50.8 Å². The first-order chi connectivity index (χ1) is 12.0. The Labute approximate surface area is 149 Å². The number of hydrogen-bond donors (Lipinski definition) is 1. The average Bonchev–Trinajstić information content (AvgIpc) is 3.23. The number of nitrogens with one attached hydrogen (secondary N) is 1. The topological polar surface area (TPSA) is 40.1 Å². The minimum atomic E-state index is -0.203. The third-order valence-electron chi connectivity index (χ3n) is 5.47. The summed E-state index contributed by atoms with van der Waals surface area (Å²) in [4.78, 5) is 8.96. The van der Waals surface area contributed by atoms with Gasteiger partial charge in [0, 0.05) is 38.7 Å². The molecule has 1 spiro atoms. The Kier molecular flexibility index (Phi) is 5.59. The van der Waals surface area contributed by atoms with Crippen LogP contribution >= 0.6 is 0 Å². The lowest BCUT2D eigenvalue weighted by atomic mass is 9.87. The van der Waals surface area contributed by atoms with E-state index in [1.807, 2.05) is 33.3 Å². The van der Waals surface area contributed by atoms with Crippen molar-refractivity contribution in [2.24, 2.45) is 10.4 Å². The highest BCUT2D eigenvalue weighted by Crippen LogP contribution is 2.38. The fourth-order valence-corrected chi connectivity index (χ4v) is 3.89. The summed E-state index contributed by atoms with van der Waals surface area (Å²) in [5.74, 6) is 0.740. The lowest BCUT2D eigenvalue weighted by Gasteiger charge is -2.29. The molecule has 5 nitrogen and oxygen atoms in total. The fourth-order valence-electron chi connectivity index (χ4n) is 3.89. The number of aliphatic imine (C=N–C) groups is 1. The van der Waals surface area contributed by atoms with Crippen LogP contribution in [0.1, 0.15) is 24.4 Å². The van der Waals surface area contributed by atoms with Crippen LogP contribution in [0.2, 0.25) is 0 Å². The Morgan fingerprint density at radius 3 is 2.72 bits per heavy atom. The summed E-state index contributed by atoms with van der Waals surface area (Å²) in [7, 11) is 5.92. The van der Waals surface area contributed by atoms with Crippen LogP contribution in [0, 0.1) is 11.2 Å². The zero-order valence-electron chi connectivity index (χ0n) is 15.5. The van der Waals surface area contributed by atoms with Crippen molar-refractivity contribution in [2.45, 2.75) is 18.9 Å². The minimum absolute atomic E-state index is 0.156. The molecule has 2 unspecified atom stereocenters. The molecule has 0 aliphatic carbocycles. The molecule has 6 heteroatoms. The second kappa shape index (κ2) is 7.70. The number of likely N-dealkylation sites (tertiary alicyclic amines) is 1. The van der Waals surface area contributed by atoms with Gasteiger partial charge in [0.15, 0.2) is 5.96 Å². The van der Waals surface area contributed by atoms with E-state index in [-0.39, 0.29) is 11.9 Å². The molecule has 2 heterocycles. The Bertz CT molecular complexity index is 596. The highest BCUT2D eigenvalue weighted by atomic mass is 19.1. The van der Waals surface area contributed by atoms with Crippen molar-refractivity contribution >= 4 is 5.96 Å². The molecule has 0 radical (unpaired) electrons. The number of halogens is 1. The fraction of sp³-hybridized carbons (Fsp3) is 0.632. The monoisotopic (exact) mass is 348 g/mol. The Hall–Kier alpha value is -1.66. The van der Waals surface area contributed by atoms with Crippen molar-refractivity contribution in [1.29, 1.82) is 0 Å². The smallest absolute Gasteiger partial charge is 0.193 e. The normalized spacial score (nSPS) is 25.2. The van der Waals surface area contributed by atoms with Gasteiger partial charge in [-0.25, -0.2) is 4.39 Å². The van der Waals surface area contributed by atoms with Crippen molar-refractivity contribution in [1.82, 2.24) is 15.1 Å². The lowest BCUT2D eigenvalue weighted by Crippen LogP contribution is -2.44. The molecule has 1 aromatic carbocycles. The van der Waals surface area contributed by atoms with Crippen LogP contribution in [0.4, 0.5) is 4.39 Å². The summed E-state index contributed by atoms with van der Waals surface area (Å²) >= 11 is 0. The Morgan fingerprint density at radius 1 is 1.36 bits per heavy atom. The van der Waals surface area contributed by atoms with E-state index in [9.17, 15) is 4.39 Å². The van der Waals surface area contributed by atoms with Crippen LogP contribution in [0.5, 0.6) is 0 Å². The molecule has 2 aliphatic rings. The van der Waals surface area contributed by atoms with E-state index in [0.29, 0.717) is 5.41 Å². The molecule has 0 aromatic heterocycles. The molecule has 0 amide bonds. The first-order valence-corrected chi connectivity index (χ1v) is 8.98. The number of benzene rings is 1. The summed E-state index contributed by atoms with van der Waals surface area (Å²) < 4.78 is 18.8. The van der Waals surface area contributed by atoms with Gasteiger partial charge in [0.05, 0.1) is 12.6 Å². The first kappa shape index (κ1) is 18.1. The van der Waals surface area contributed by atoms with Crippen LogP contribution in [-0.4, -0.2) is 69.8 Å². The summed E-state index contributed by atoms with van der Waals surface area (Å²) in [5.41, 5.74) is 1.41. The predicted molar refractivity (Wildman–Crippen MR) is 98.2 cm³/mol. The molecular weight excluding hydrogens is 319 g/mol. The van der Waals surface area contributed by atoms with Crippen molar-refractivity contribution < 1.29 is 9.13 Å². The van der Waals surface area contributed by atoms with Gasteiger partial charge in [-0.1, -0.05) is 12.1 Å². The maximum absolute atomic E-state index is 13.2. The van der Waals surface area contributed by atoms with Gasteiger partial charge >= 0.3 is 0 Å². The second-order valence-electron chi connectivity index (χ2n) is 7.43. The zero-order valence-corrected chi connectivity index (χ0v) is 15.5. The van der Waals surface area contributed by atoms with Gasteiger partial charge in [-0.3, -0.25) is 4.99 Å². The van der Waals surface area contributed by atoms with Crippen LogP contribution in [0.15, 0.2) is 29.3 Å². The SMILES string of the molecule is CN=C(NCC(c1ccc(F)cc1)N(C)C)N1CCC2(CCOC2)C1. The van der Waals surface area contributed by atoms with Gasteiger partial charge in [0.2, 0.25) is 0 Å².